The molecule has 1 aliphatic heterocycles. The molecule has 0 radical (unpaired) electrons. The minimum Gasteiger partial charge on any atom is -0.488 e. The second kappa shape index (κ2) is 7.48. The van der Waals surface area contributed by atoms with Gasteiger partial charge in [0.25, 0.3) is 0 Å². The van der Waals surface area contributed by atoms with Gasteiger partial charge in [0.2, 0.25) is 0 Å². The molecular formula is C14H19Cl2NO3. The van der Waals surface area contributed by atoms with Crippen LogP contribution >= 0.6 is 23.2 Å². The molecule has 0 bridgehead atoms. The van der Waals surface area contributed by atoms with Crippen LogP contribution in [0.15, 0.2) is 18.2 Å². The fraction of sp³-hybridized carbons (Fsp3) is 0.571. The third kappa shape index (κ3) is 4.50. The SMILES string of the molecule is OC1CCN(CC(O)COc2c(Cl)cccc2Cl)CC1. The van der Waals surface area contributed by atoms with Crippen LogP contribution in [0.25, 0.3) is 0 Å². The number of benzene rings is 1. The van der Waals surface area contributed by atoms with E-state index in [1.54, 1.807) is 18.2 Å². The molecule has 0 spiro atoms. The first-order valence-corrected chi connectivity index (χ1v) is 7.47. The normalized spacial score (nSPS) is 19.0. The highest BCUT2D eigenvalue weighted by Crippen LogP contribution is 2.32. The van der Waals surface area contributed by atoms with Gasteiger partial charge < -0.3 is 19.8 Å². The fourth-order valence-corrected chi connectivity index (χ4v) is 2.76. The van der Waals surface area contributed by atoms with Crippen molar-refractivity contribution in [3.05, 3.63) is 28.2 Å². The molecule has 6 heteroatoms. The first kappa shape index (κ1) is 15.9. The molecule has 0 aromatic heterocycles. The van der Waals surface area contributed by atoms with Crippen molar-refractivity contribution < 1.29 is 14.9 Å². The van der Waals surface area contributed by atoms with E-state index in [1.807, 2.05) is 0 Å². The van der Waals surface area contributed by atoms with Crippen molar-refractivity contribution in [3.8, 4) is 5.75 Å². The Morgan fingerprint density at radius 2 is 1.85 bits per heavy atom. The van der Waals surface area contributed by atoms with E-state index in [-0.39, 0.29) is 12.7 Å². The first-order chi connectivity index (χ1) is 9.56. The molecule has 20 heavy (non-hydrogen) atoms. The first-order valence-electron chi connectivity index (χ1n) is 6.71. The van der Waals surface area contributed by atoms with Crippen LogP contribution < -0.4 is 4.74 Å². The van der Waals surface area contributed by atoms with Gasteiger partial charge >= 0.3 is 0 Å². The van der Waals surface area contributed by atoms with E-state index in [2.05, 4.69) is 4.90 Å². The smallest absolute Gasteiger partial charge is 0.156 e. The Labute approximate surface area is 128 Å². The zero-order valence-corrected chi connectivity index (χ0v) is 12.6. The van der Waals surface area contributed by atoms with Crippen molar-refractivity contribution in [2.75, 3.05) is 26.2 Å². The number of halogens is 2. The second-order valence-corrected chi connectivity index (χ2v) is 5.86. The van der Waals surface area contributed by atoms with Gasteiger partial charge in [-0.15, -0.1) is 0 Å². The van der Waals surface area contributed by atoms with Crippen LogP contribution in [0, 0.1) is 0 Å². The number of nitrogens with zero attached hydrogens (tertiary/aromatic N) is 1. The van der Waals surface area contributed by atoms with Crippen molar-refractivity contribution in [1.29, 1.82) is 0 Å². The van der Waals surface area contributed by atoms with Crippen LogP contribution in [0.5, 0.6) is 5.75 Å². The number of β-amino-alcohol motifs (C(OH)–C–C–N with tert-alkyl or cyclic N) is 1. The predicted octanol–water partition coefficient (Wildman–Crippen LogP) is 2.19. The van der Waals surface area contributed by atoms with Crippen LogP contribution in [0.3, 0.4) is 0 Å². The monoisotopic (exact) mass is 319 g/mol. The minimum atomic E-state index is -0.613. The summed E-state index contributed by atoms with van der Waals surface area (Å²) < 4.78 is 5.50. The van der Waals surface area contributed by atoms with Gasteiger partial charge in [-0.05, 0) is 25.0 Å². The third-order valence-corrected chi connectivity index (χ3v) is 3.96. The maximum absolute atomic E-state index is 10.00. The highest BCUT2D eigenvalue weighted by Gasteiger charge is 2.20. The van der Waals surface area contributed by atoms with E-state index in [0.29, 0.717) is 22.3 Å². The highest BCUT2D eigenvalue weighted by molar-refractivity contribution is 6.37. The summed E-state index contributed by atoms with van der Waals surface area (Å²) in [7, 11) is 0. The summed E-state index contributed by atoms with van der Waals surface area (Å²) in [5.74, 6) is 0.406. The lowest BCUT2D eigenvalue weighted by Crippen LogP contribution is -2.41. The highest BCUT2D eigenvalue weighted by atomic mass is 35.5. The van der Waals surface area contributed by atoms with Gasteiger partial charge in [0.15, 0.2) is 5.75 Å². The third-order valence-electron chi connectivity index (χ3n) is 3.37. The number of piperidine rings is 1. The molecule has 0 aliphatic carbocycles. The zero-order chi connectivity index (χ0) is 14.5. The Hall–Kier alpha value is -0.520. The number of ether oxygens (including phenoxy) is 1. The van der Waals surface area contributed by atoms with Crippen molar-refractivity contribution >= 4 is 23.2 Å². The van der Waals surface area contributed by atoms with Crippen molar-refractivity contribution in [3.63, 3.8) is 0 Å². The van der Waals surface area contributed by atoms with E-state index in [0.717, 1.165) is 25.9 Å². The maximum atomic E-state index is 10.00. The molecule has 1 unspecified atom stereocenters. The molecule has 1 fully saturated rings. The van der Waals surface area contributed by atoms with Crippen LogP contribution in [-0.4, -0.2) is 53.6 Å². The van der Waals surface area contributed by atoms with Gasteiger partial charge in [-0.3, -0.25) is 0 Å². The summed E-state index contributed by atoms with van der Waals surface area (Å²) in [6.45, 7) is 2.26. The molecule has 0 saturated carbocycles. The molecule has 1 aromatic rings. The summed E-state index contributed by atoms with van der Waals surface area (Å²) >= 11 is 12.0. The van der Waals surface area contributed by atoms with Crippen molar-refractivity contribution in [2.24, 2.45) is 0 Å². The Balaban J connectivity index is 1.79. The maximum Gasteiger partial charge on any atom is 0.156 e. The van der Waals surface area contributed by atoms with Crippen LogP contribution in [0.1, 0.15) is 12.8 Å². The number of likely N-dealkylation sites (tertiary alicyclic amines) is 1. The van der Waals surface area contributed by atoms with Gasteiger partial charge in [-0.25, -0.2) is 0 Å². The van der Waals surface area contributed by atoms with Crippen LogP contribution in [-0.2, 0) is 0 Å². The van der Waals surface area contributed by atoms with Gasteiger partial charge in [0.1, 0.15) is 12.7 Å². The molecule has 2 N–H and O–H groups in total. The number of rotatable bonds is 5. The summed E-state index contributed by atoms with van der Waals surface area (Å²) in [6.07, 6.45) is 0.688. The van der Waals surface area contributed by atoms with Crippen molar-refractivity contribution in [1.82, 2.24) is 4.90 Å². The average molecular weight is 320 g/mol. The summed E-state index contributed by atoms with van der Waals surface area (Å²) in [5, 5.41) is 20.3. The molecular weight excluding hydrogens is 301 g/mol. The molecule has 1 aromatic carbocycles. The molecule has 1 heterocycles. The van der Waals surface area contributed by atoms with Gasteiger partial charge in [0, 0.05) is 19.6 Å². The lowest BCUT2D eigenvalue weighted by Gasteiger charge is -2.30. The summed E-state index contributed by atoms with van der Waals surface area (Å²) in [4.78, 5) is 2.12. The van der Waals surface area contributed by atoms with E-state index < -0.39 is 6.10 Å². The standard InChI is InChI=1S/C14H19Cl2NO3/c15-12-2-1-3-13(16)14(12)20-9-11(19)8-17-6-4-10(18)5-7-17/h1-3,10-11,18-19H,4-9H2. The number of para-hydroxylation sites is 1. The topological polar surface area (TPSA) is 52.9 Å². The minimum absolute atomic E-state index is 0.141. The van der Waals surface area contributed by atoms with Crippen molar-refractivity contribution in [2.45, 2.75) is 25.0 Å². The number of aliphatic hydroxyl groups is 2. The van der Waals surface area contributed by atoms with E-state index in [4.69, 9.17) is 27.9 Å². The number of hydrogen-bond acceptors (Lipinski definition) is 4. The Morgan fingerprint density at radius 1 is 1.25 bits per heavy atom. The average Bonchev–Trinajstić information content (AvgIpc) is 2.41. The van der Waals surface area contributed by atoms with E-state index >= 15 is 0 Å². The summed E-state index contributed by atoms with van der Waals surface area (Å²) in [6, 6.07) is 5.13. The second-order valence-electron chi connectivity index (χ2n) is 5.05. The Bertz CT molecular complexity index is 416. The molecule has 4 nitrogen and oxygen atoms in total. The van der Waals surface area contributed by atoms with Crippen LogP contribution in [0.2, 0.25) is 10.0 Å². The van der Waals surface area contributed by atoms with E-state index in [9.17, 15) is 10.2 Å². The predicted molar refractivity (Wildman–Crippen MR) is 79.6 cm³/mol. The Kier molecular flexibility index (Phi) is 5.93. The lowest BCUT2D eigenvalue weighted by molar-refractivity contribution is 0.0338. The number of aliphatic hydroxyl groups excluding tert-OH is 2. The fourth-order valence-electron chi connectivity index (χ4n) is 2.25. The Morgan fingerprint density at radius 3 is 2.45 bits per heavy atom. The molecule has 112 valence electrons. The summed E-state index contributed by atoms with van der Waals surface area (Å²) in [5.41, 5.74) is 0. The zero-order valence-electron chi connectivity index (χ0n) is 11.1. The van der Waals surface area contributed by atoms with Gasteiger partial charge in [-0.1, -0.05) is 29.3 Å². The van der Waals surface area contributed by atoms with Crippen LogP contribution in [0.4, 0.5) is 0 Å². The quantitative estimate of drug-likeness (QED) is 0.873. The van der Waals surface area contributed by atoms with Gasteiger partial charge in [-0.2, -0.15) is 0 Å². The largest absolute Gasteiger partial charge is 0.488 e. The molecule has 1 aliphatic rings. The van der Waals surface area contributed by atoms with E-state index in [1.165, 1.54) is 0 Å². The van der Waals surface area contributed by atoms with Gasteiger partial charge in [0.05, 0.1) is 16.1 Å². The molecule has 1 atom stereocenters. The lowest BCUT2D eigenvalue weighted by atomic mass is 10.1. The number of hydrogen-bond donors (Lipinski definition) is 2. The molecule has 1 saturated heterocycles. The molecule has 0 amide bonds. The molecule has 2 rings (SSSR count).